The van der Waals surface area contributed by atoms with Crippen molar-refractivity contribution < 1.29 is 0 Å². The second-order valence-corrected chi connectivity index (χ2v) is 4.41. The van der Waals surface area contributed by atoms with Crippen LogP contribution in [-0.4, -0.2) is 0 Å². The minimum Gasteiger partial charge on any atom is -0.402 e. The van der Waals surface area contributed by atoms with Crippen LogP contribution in [0.2, 0.25) is 0 Å². The summed E-state index contributed by atoms with van der Waals surface area (Å²) in [5, 5.41) is 0. The third-order valence-corrected chi connectivity index (χ3v) is 3.52. The summed E-state index contributed by atoms with van der Waals surface area (Å²) in [5.41, 5.74) is 9.92. The fourth-order valence-electron chi connectivity index (χ4n) is 2.78. The maximum absolute atomic E-state index is 6.11. The van der Waals surface area contributed by atoms with Gasteiger partial charge in [0.2, 0.25) is 0 Å². The number of hydrogen-bond donors (Lipinski definition) is 1. The van der Waals surface area contributed by atoms with Crippen LogP contribution >= 0.6 is 0 Å². The first-order chi connectivity index (χ1) is 7.36. The van der Waals surface area contributed by atoms with Crippen molar-refractivity contribution in [2.24, 2.45) is 11.7 Å². The van der Waals surface area contributed by atoms with Gasteiger partial charge in [0.25, 0.3) is 0 Å². The molecule has 0 aromatic heterocycles. The molecule has 2 unspecified atom stereocenters. The van der Waals surface area contributed by atoms with Gasteiger partial charge in [-0.1, -0.05) is 36.4 Å². The van der Waals surface area contributed by atoms with Gasteiger partial charge in [0, 0.05) is 11.6 Å². The van der Waals surface area contributed by atoms with Gasteiger partial charge in [-0.25, -0.2) is 0 Å². The molecule has 15 heavy (non-hydrogen) atoms. The first-order valence-corrected chi connectivity index (χ1v) is 5.59. The quantitative estimate of drug-likeness (QED) is 0.635. The van der Waals surface area contributed by atoms with Crippen molar-refractivity contribution >= 4 is 6.08 Å². The maximum Gasteiger partial charge on any atom is 0.0233 e. The highest BCUT2D eigenvalue weighted by Crippen LogP contribution is 2.42. The van der Waals surface area contributed by atoms with Gasteiger partial charge in [0.05, 0.1) is 0 Å². The third-order valence-electron chi connectivity index (χ3n) is 3.52. The van der Waals surface area contributed by atoms with Gasteiger partial charge in [-0.2, -0.15) is 0 Å². The van der Waals surface area contributed by atoms with Crippen LogP contribution < -0.4 is 5.73 Å². The van der Waals surface area contributed by atoms with Crippen LogP contribution in [0.15, 0.2) is 42.1 Å². The standard InChI is InChI=1S/C14H15N/c15-14-9-10-5-1-2-6-11(10)12-7-3-4-8-13(12)14/h1-2,4-6,8-9,12-13H,3,7,15H2. The van der Waals surface area contributed by atoms with Crippen LogP contribution in [0.4, 0.5) is 0 Å². The van der Waals surface area contributed by atoms with E-state index >= 15 is 0 Å². The van der Waals surface area contributed by atoms with Crippen LogP contribution in [-0.2, 0) is 0 Å². The summed E-state index contributed by atoms with van der Waals surface area (Å²) in [6.45, 7) is 0. The molecule has 0 heterocycles. The molecule has 0 bridgehead atoms. The van der Waals surface area contributed by atoms with Crippen LogP contribution in [0.1, 0.15) is 29.9 Å². The number of nitrogens with two attached hydrogens (primary N) is 1. The first-order valence-electron chi connectivity index (χ1n) is 5.59. The van der Waals surface area contributed by atoms with Gasteiger partial charge in [-0.05, 0) is 36.0 Å². The van der Waals surface area contributed by atoms with Gasteiger partial charge < -0.3 is 5.73 Å². The summed E-state index contributed by atoms with van der Waals surface area (Å²) in [6, 6.07) is 8.62. The van der Waals surface area contributed by atoms with Crippen molar-refractivity contribution in [3.63, 3.8) is 0 Å². The van der Waals surface area contributed by atoms with Gasteiger partial charge in [-0.15, -0.1) is 0 Å². The fraction of sp³-hybridized carbons (Fsp3) is 0.286. The minimum atomic E-state index is 0.439. The average molecular weight is 197 g/mol. The summed E-state index contributed by atoms with van der Waals surface area (Å²) in [6.07, 6.45) is 9.08. The van der Waals surface area contributed by atoms with Gasteiger partial charge in [0.15, 0.2) is 0 Å². The summed E-state index contributed by atoms with van der Waals surface area (Å²) < 4.78 is 0. The molecule has 0 aliphatic heterocycles. The van der Waals surface area contributed by atoms with E-state index in [4.69, 9.17) is 5.73 Å². The molecule has 1 nitrogen and oxygen atoms in total. The first kappa shape index (κ1) is 8.78. The van der Waals surface area contributed by atoms with E-state index in [1.54, 1.807) is 0 Å². The normalized spacial score (nSPS) is 27.9. The zero-order valence-corrected chi connectivity index (χ0v) is 8.69. The van der Waals surface area contributed by atoms with E-state index in [1.807, 2.05) is 0 Å². The molecule has 2 N–H and O–H groups in total. The zero-order chi connectivity index (χ0) is 10.3. The molecule has 0 fully saturated rings. The molecule has 1 aromatic carbocycles. The van der Waals surface area contributed by atoms with Crippen molar-refractivity contribution in [3.8, 4) is 0 Å². The highest BCUT2D eigenvalue weighted by Gasteiger charge is 2.29. The molecule has 2 aliphatic rings. The predicted molar refractivity (Wildman–Crippen MR) is 63.2 cm³/mol. The molecule has 0 spiro atoms. The Labute approximate surface area is 90.3 Å². The Kier molecular flexibility index (Phi) is 1.91. The van der Waals surface area contributed by atoms with Crippen molar-refractivity contribution in [2.75, 3.05) is 0 Å². The fourth-order valence-corrected chi connectivity index (χ4v) is 2.78. The van der Waals surface area contributed by atoms with Gasteiger partial charge in [-0.3, -0.25) is 0 Å². The molecular weight excluding hydrogens is 182 g/mol. The smallest absolute Gasteiger partial charge is 0.0233 e. The second kappa shape index (κ2) is 3.27. The zero-order valence-electron chi connectivity index (χ0n) is 8.69. The number of hydrogen-bond acceptors (Lipinski definition) is 1. The Balaban J connectivity index is 2.16. The molecule has 0 saturated heterocycles. The lowest BCUT2D eigenvalue weighted by atomic mass is 9.73. The Hall–Kier alpha value is -1.50. The highest BCUT2D eigenvalue weighted by atomic mass is 14.6. The minimum absolute atomic E-state index is 0.439. The number of fused-ring (bicyclic) bond motifs is 3. The van der Waals surface area contributed by atoms with E-state index in [0.29, 0.717) is 11.8 Å². The number of allylic oxidation sites excluding steroid dienone is 2. The summed E-state index contributed by atoms with van der Waals surface area (Å²) in [4.78, 5) is 0. The Morgan fingerprint density at radius 3 is 3.00 bits per heavy atom. The molecule has 1 aromatic rings. The third kappa shape index (κ3) is 1.30. The van der Waals surface area contributed by atoms with Gasteiger partial charge >= 0.3 is 0 Å². The van der Waals surface area contributed by atoms with E-state index in [0.717, 1.165) is 5.70 Å². The monoisotopic (exact) mass is 197 g/mol. The summed E-state index contributed by atoms with van der Waals surface area (Å²) >= 11 is 0. The molecule has 2 atom stereocenters. The van der Waals surface area contributed by atoms with Gasteiger partial charge in [0.1, 0.15) is 0 Å². The maximum atomic E-state index is 6.11. The Morgan fingerprint density at radius 2 is 2.07 bits per heavy atom. The lowest BCUT2D eigenvalue weighted by Gasteiger charge is -2.33. The van der Waals surface area contributed by atoms with Crippen LogP contribution in [0.25, 0.3) is 6.08 Å². The molecule has 1 heteroatoms. The topological polar surface area (TPSA) is 26.0 Å². The van der Waals surface area contributed by atoms with E-state index in [9.17, 15) is 0 Å². The molecular formula is C14H15N. The highest BCUT2D eigenvalue weighted by molar-refractivity contribution is 5.62. The van der Waals surface area contributed by atoms with E-state index in [-0.39, 0.29) is 0 Å². The van der Waals surface area contributed by atoms with Crippen molar-refractivity contribution in [3.05, 3.63) is 53.2 Å². The predicted octanol–water partition coefficient (Wildman–Crippen LogP) is 3.05. The summed E-state index contributed by atoms with van der Waals surface area (Å²) in [5.74, 6) is 1.05. The van der Waals surface area contributed by atoms with Crippen LogP contribution in [0.3, 0.4) is 0 Å². The lowest BCUT2D eigenvalue weighted by molar-refractivity contribution is 0.502. The Bertz CT molecular complexity index is 442. The molecule has 0 amide bonds. The van der Waals surface area contributed by atoms with Crippen LogP contribution in [0.5, 0.6) is 0 Å². The molecule has 0 radical (unpaired) electrons. The van der Waals surface area contributed by atoms with Crippen molar-refractivity contribution in [1.82, 2.24) is 0 Å². The van der Waals surface area contributed by atoms with Crippen LogP contribution in [0, 0.1) is 5.92 Å². The molecule has 0 saturated carbocycles. The molecule has 3 rings (SSSR count). The average Bonchev–Trinajstić information content (AvgIpc) is 2.30. The SMILES string of the molecule is NC1=Cc2ccccc2C2CCC=CC12. The second-order valence-electron chi connectivity index (χ2n) is 4.41. The molecule has 76 valence electrons. The number of rotatable bonds is 0. The summed E-state index contributed by atoms with van der Waals surface area (Å²) in [7, 11) is 0. The van der Waals surface area contributed by atoms with E-state index < -0.39 is 0 Å². The Morgan fingerprint density at radius 1 is 1.20 bits per heavy atom. The lowest BCUT2D eigenvalue weighted by Crippen LogP contribution is -2.24. The van der Waals surface area contributed by atoms with E-state index in [2.05, 4.69) is 42.5 Å². The van der Waals surface area contributed by atoms with Crippen molar-refractivity contribution in [1.29, 1.82) is 0 Å². The van der Waals surface area contributed by atoms with Crippen molar-refractivity contribution in [2.45, 2.75) is 18.8 Å². The molecule has 2 aliphatic carbocycles. The number of benzene rings is 1. The van der Waals surface area contributed by atoms with E-state index in [1.165, 1.54) is 24.0 Å². The largest absolute Gasteiger partial charge is 0.402 e.